The maximum absolute atomic E-state index is 2.62. The van der Waals surface area contributed by atoms with Crippen LogP contribution in [0.15, 0.2) is 0 Å². The zero-order valence-corrected chi connectivity index (χ0v) is 13.0. The quantitative estimate of drug-likeness (QED) is 0.680. The molecule has 0 nitrogen and oxygen atoms in total. The molecule has 0 amide bonds. The molecule has 0 spiro atoms. The van der Waals surface area contributed by atoms with E-state index in [-0.39, 0.29) is 0 Å². The molecule has 0 saturated heterocycles. The molecule has 0 aromatic heterocycles. The summed E-state index contributed by atoms with van der Waals surface area (Å²) in [5.41, 5.74) is 0. The Morgan fingerprint density at radius 1 is 1.15 bits per heavy atom. The van der Waals surface area contributed by atoms with E-state index in [4.69, 9.17) is 0 Å². The second-order valence-electron chi connectivity index (χ2n) is 5.30. The van der Waals surface area contributed by atoms with Crippen LogP contribution in [0.4, 0.5) is 0 Å². The number of rotatable bonds is 4. The summed E-state index contributed by atoms with van der Waals surface area (Å²) in [5, 5.41) is 0. The molecule has 0 aromatic carbocycles. The Kier molecular flexibility index (Phi) is 5.77. The van der Waals surface area contributed by atoms with Gasteiger partial charge in [0.15, 0.2) is 0 Å². The van der Waals surface area contributed by atoms with Gasteiger partial charge in [-0.05, 0) is 0 Å². The van der Waals surface area contributed by atoms with Crippen LogP contribution in [0.3, 0.4) is 0 Å². The first-order valence-electron chi connectivity index (χ1n) is 6.20. The molecule has 1 atom stereocenters. The summed E-state index contributed by atoms with van der Waals surface area (Å²) >= 11 is -1.00. The van der Waals surface area contributed by atoms with Gasteiger partial charge in [0.1, 0.15) is 0 Å². The Labute approximate surface area is 91.2 Å². The monoisotopic (exact) mass is 290 g/mol. The predicted octanol–water partition coefficient (Wildman–Crippen LogP) is 4.22. The van der Waals surface area contributed by atoms with Gasteiger partial charge in [-0.25, -0.2) is 0 Å². The van der Waals surface area contributed by atoms with Gasteiger partial charge >= 0.3 is 91.4 Å². The summed E-state index contributed by atoms with van der Waals surface area (Å²) in [5.74, 6) is 1.13. The van der Waals surface area contributed by atoms with Crippen LogP contribution in [0.5, 0.6) is 0 Å². The first-order valence-corrected chi connectivity index (χ1v) is 13.7. The van der Waals surface area contributed by atoms with Crippen LogP contribution in [0, 0.1) is 5.92 Å². The van der Waals surface area contributed by atoms with Crippen molar-refractivity contribution in [3.63, 3.8) is 0 Å². The van der Waals surface area contributed by atoms with Crippen molar-refractivity contribution in [3.8, 4) is 0 Å². The third kappa shape index (κ3) is 4.71. The zero-order valence-electron chi connectivity index (χ0n) is 9.68. The molecule has 0 radical (unpaired) electrons. The van der Waals surface area contributed by atoms with Crippen LogP contribution in [-0.2, 0) is 0 Å². The fraction of sp³-hybridized carbons (Fsp3) is 1.00. The molecule has 0 heterocycles. The molecular weight excluding hydrogens is 263 g/mol. The van der Waals surface area contributed by atoms with Gasteiger partial charge in [0, 0.05) is 0 Å². The topological polar surface area (TPSA) is 0 Å². The zero-order chi connectivity index (χ0) is 9.68. The van der Waals surface area contributed by atoms with E-state index in [0.717, 1.165) is 9.85 Å². The van der Waals surface area contributed by atoms with Gasteiger partial charge in [-0.1, -0.05) is 0 Å². The van der Waals surface area contributed by atoms with Crippen LogP contribution in [0.2, 0.25) is 13.3 Å². The summed E-state index contributed by atoms with van der Waals surface area (Å²) in [6.45, 7) is 4.89. The Balaban J connectivity index is 2.10. The van der Waals surface area contributed by atoms with Crippen molar-refractivity contribution in [1.82, 2.24) is 0 Å². The molecule has 0 bridgehead atoms. The van der Waals surface area contributed by atoms with E-state index in [1.807, 2.05) is 0 Å². The van der Waals surface area contributed by atoms with Crippen molar-refractivity contribution < 1.29 is 0 Å². The third-order valence-corrected chi connectivity index (χ3v) is 13.9. The SMILES string of the molecule is C[CH](C)[SnH]([CH3])[CH2]CC1CCCCC1. The Bertz CT molecular complexity index is 125. The minimum atomic E-state index is -1.00. The molecule has 1 heteroatoms. The Hall–Kier alpha value is 0.799. The molecule has 0 aromatic rings. The average Bonchev–Trinajstić information content (AvgIpc) is 2.15. The van der Waals surface area contributed by atoms with Crippen LogP contribution >= 0.6 is 0 Å². The summed E-state index contributed by atoms with van der Waals surface area (Å²) in [7, 11) is 0. The Morgan fingerprint density at radius 2 is 1.77 bits per heavy atom. The molecule has 1 aliphatic rings. The second-order valence-corrected chi connectivity index (χ2v) is 16.3. The maximum atomic E-state index is 2.62. The molecule has 78 valence electrons. The van der Waals surface area contributed by atoms with E-state index in [2.05, 4.69) is 18.8 Å². The van der Waals surface area contributed by atoms with E-state index in [1.54, 1.807) is 23.7 Å². The summed E-state index contributed by atoms with van der Waals surface area (Å²) in [4.78, 5) is 2.62. The summed E-state index contributed by atoms with van der Waals surface area (Å²) < 4.78 is 2.76. The molecule has 13 heavy (non-hydrogen) atoms. The molecule has 0 aliphatic heterocycles. The molecule has 1 fully saturated rings. The van der Waals surface area contributed by atoms with Gasteiger partial charge in [-0.2, -0.15) is 0 Å². The number of hydrogen-bond donors (Lipinski definition) is 0. The fourth-order valence-corrected chi connectivity index (χ4v) is 7.06. The van der Waals surface area contributed by atoms with Crippen LogP contribution in [0.1, 0.15) is 52.4 Å². The molecule has 1 unspecified atom stereocenters. The van der Waals surface area contributed by atoms with Crippen molar-refractivity contribution in [1.29, 1.82) is 0 Å². The molecular formula is C12H26Sn. The standard InChI is InChI=1S/C8H15.C3H7.CH3.Sn.H/c1-2-8-6-4-3-5-7-8;1-3-2;;;/h8H,1-7H2;3H,1-2H3;1H3;;. The van der Waals surface area contributed by atoms with E-state index >= 15 is 0 Å². The van der Waals surface area contributed by atoms with Crippen molar-refractivity contribution in [3.05, 3.63) is 0 Å². The predicted molar refractivity (Wildman–Crippen MR) is 64.1 cm³/mol. The Morgan fingerprint density at radius 3 is 2.31 bits per heavy atom. The minimum absolute atomic E-state index is 1.00. The molecule has 0 N–H and O–H groups in total. The van der Waals surface area contributed by atoms with Gasteiger partial charge in [-0.15, -0.1) is 0 Å². The van der Waals surface area contributed by atoms with Crippen LogP contribution in [0.25, 0.3) is 0 Å². The molecule has 1 saturated carbocycles. The van der Waals surface area contributed by atoms with Gasteiger partial charge in [0.25, 0.3) is 0 Å². The van der Waals surface area contributed by atoms with Crippen molar-refractivity contribution in [2.75, 3.05) is 0 Å². The van der Waals surface area contributed by atoms with E-state index in [9.17, 15) is 0 Å². The van der Waals surface area contributed by atoms with Gasteiger partial charge in [-0.3, -0.25) is 0 Å². The first-order chi connectivity index (χ1) is 6.20. The van der Waals surface area contributed by atoms with Crippen molar-refractivity contribution >= 4 is 19.8 Å². The average molecular weight is 289 g/mol. The van der Waals surface area contributed by atoms with Crippen LogP contribution in [-0.4, -0.2) is 19.8 Å². The first kappa shape index (κ1) is 11.9. The number of hydrogen-bond acceptors (Lipinski definition) is 0. The van der Waals surface area contributed by atoms with Crippen LogP contribution < -0.4 is 0 Å². The van der Waals surface area contributed by atoms with Gasteiger partial charge in [0.2, 0.25) is 0 Å². The second kappa shape index (κ2) is 6.31. The van der Waals surface area contributed by atoms with E-state index < -0.39 is 19.8 Å². The molecule has 1 aliphatic carbocycles. The summed E-state index contributed by atoms with van der Waals surface area (Å²) in [6, 6.07) is 0. The normalized spacial score (nSPS) is 22.2. The van der Waals surface area contributed by atoms with Crippen molar-refractivity contribution in [2.45, 2.75) is 65.7 Å². The third-order valence-electron chi connectivity index (χ3n) is 3.89. The molecule has 1 rings (SSSR count). The van der Waals surface area contributed by atoms with E-state index in [0.29, 0.717) is 0 Å². The fourth-order valence-electron chi connectivity index (χ4n) is 2.31. The van der Waals surface area contributed by atoms with Crippen molar-refractivity contribution in [2.24, 2.45) is 5.92 Å². The van der Waals surface area contributed by atoms with Gasteiger partial charge < -0.3 is 0 Å². The summed E-state index contributed by atoms with van der Waals surface area (Å²) in [6.07, 6.45) is 9.26. The van der Waals surface area contributed by atoms with E-state index in [1.165, 1.54) is 19.3 Å². The van der Waals surface area contributed by atoms with Gasteiger partial charge in [0.05, 0.1) is 0 Å².